The van der Waals surface area contributed by atoms with Gasteiger partial charge in [0.25, 0.3) is 0 Å². The molecule has 3 N–H and O–H groups in total. The summed E-state index contributed by atoms with van der Waals surface area (Å²) in [5.41, 5.74) is 6.50. The van der Waals surface area contributed by atoms with Crippen molar-refractivity contribution in [3.63, 3.8) is 0 Å². The molecule has 1 aliphatic heterocycles. The average Bonchev–Trinajstić information content (AvgIpc) is 2.42. The first-order valence-corrected chi connectivity index (χ1v) is 7.44. The van der Waals surface area contributed by atoms with E-state index in [9.17, 15) is 4.79 Å². The van der Waals surface area contributed by atoms with Crippen LogP contribution >= 0.6 is 28.3 Å². The molecule has 0 bridgehead atoms. The molecule has 0 atom stereocenters. The summed E-state index contributed by atoms with van der Waals surface area (Å²) in [6.07, 6.45) is 2.20. The summed E-state index contributed by atoms with van der Waals surface area (Å²) in [6, 6.07) is 7.62. The number of hydrogen-bond acceptors (Lipinski definition) is 3. The van der Waals surface area contributed by atoms with Gasteiger partial charge in [-0.2, -0.15) is 0 Å². The summed E-state index contributed by atoms with van der Waals surface area (Å²) >= 11 is 3.37. The Morgan fingerprint density at radius 2 is 1.90 bits per heavy atom. The van der Waals surface area contributed by atoms with Crippen LogP contribution in [-0.4, -0.2) is 37.0 Å². The van der Waals surface area contributed by atoms with Crippen LogP contribution in [0.25, 0.3) is 0 Å². The number of benzene rings is 1. The molecule has 0 aliphatic carbocycles. The van der Waals surface area contributed by atoms with E-state index in [1.54, 1.807) is 0 Å². The third-order valence-corrected chi connectivity index (χ3v) is 4.06. The van der Waals surface area contributed by atoms with E-state index in [0.29, 0.717) is 12.5 Å². The molecule has 112 valence electrons. The Labute approximate surface area is 134 Å². The molecule has 0 unspecified atom stereocenters. The van der Waals surface area contributed by atoms with Crippen molar-refractivity contribution in [1.29, 1.82) is 0 Å². The SMILES string of the molecule is Cl.NCC1CCN(CC(=O)Nc2ccc(Br)cc2)CC1. The van der Waals surface area contributed by atoms with Crippen molar-refractivity contribution in [2.75, 3.05) is 31.5 Å². The van der Waals surface area contributed by atoms with E-state index >= 15 is 0 Å². The Bertz CT molecular complexity index is 419. The predicted molar refractivity (Wildman–Crippen MR) is 88.2 cm³/mol. The molecule has 6 heteroatoms. The molecule has 1 aromatic rings. The number of carbonyl (C=O) groups excluding carboxylic acids is 1. The van der Waals surface area contributed by atoms with Crippen LogP contribution in [0.1, 0.15) is 12.8 Å². The van der Waals surface area contributed by atoms with Crippen LogP contribution in [0.5, 0.6) is 0 Å². The summed E-state index contributed by atoms with van der Waals surface area (Å²) in [5.74, 6) is 0.680. The highest BCUT2D eigenvalue weighted by Crippen LogP contribution is 2.16. The van der Waals surface area contributed by atoms with E-state index in [0.717, 1.165) is 42.6 Å². The maximum absolute atomic E-state index is 11.9. The monoisotopic (exact) mass is 361 g/mol. The number of anilines is 1. The minimum atomic E-state index is 0. The number of likely N-dealkylation sites (tertiary alicyclic amines) is 1. The fourth-order valence-electron chi connectivity index (χ4n) is 2.32. The third kappa shape index (κ3) is 5.40. The molecule has 1 fully saturated rings. The van der Waals surface area contributed by atoms with E-state index in [2.05, 4.69) is 26.1 Å². The normalized spacial score (nSPS) is 16.5. The number of halogens is 2. The summed E-state index contributed by atoms with van der Waals surface area (Å²) in [7, 11) is 0. The van der Waals surface area contributed by atoms with E-state index in [-0.39, 0.29) is 18.3 Å². The summed E-state index contributed by atoms with van der Waals surface area (Å²) in [4.78, 5) is 14.1. The zero-order valence-electron chi connectivity index (χ0n) is 11.3. The van der Waals surface area contributed by atoms with Gasteiger partial charge in [-0.1, -0.05) is 15.9 Å². The first-order valence-electron chi connectivity index (χ1n) is 6.65. The van der Waals surface area contributed by atoms with Crippen molar-refractivity contribution in [3.05, 3.63) is 28.7 Å². The molecule has 1 heterocycles. The molecule has 1 aliphatic rings. The molecule has 0 aromatic heterocycles. The predicted octanol–water partition coefficient (Wildman–Crippen LogP) is 2.48. The molecular formula is C14H21BrClN3O. The van der Waals surface area contributed by atoms with Gasteiger partial charge in [0.05, 0.1) is 6.54 Å². The Balaban J connectivity index is 0.00000200. The summed E-state index contributed by atoms with van der Waals surface area (Å²) in [6.45, 7) is 3.16. The molecule has 20 heavy (non-hydrogen) atoms. The topological polar surface area (TPSA) is 58.4 Å². The summed E-state index contributed by atoms with van der Waals surface area (Å²) < 4.78 is 1.01. The second-order valence-electron chi connectivity index (χ2n) is 5.01. The van der Waals surface area contributed by atoms with E-state index in [1.165, 1.54) is 0 Å². The van der Waals surface area contributed by atoms with Gasteiger partial charge < -0.3 is 11.1 Å². The fourth-order valence-corrected chi connectivity index (χ4v) is 2.58. The lowest BCUT2D eigenvalue weighted by atomic mass is 9.97. The van der Waals surface area contributed by atoms with Crippen LogP contribution in [0.4, 0.5) is 5.69 Å². The van der Waals surface area contributed by atoms with Crippen molar-refractivity contribution >= 4 is 39.9 Å². The van der Waals surface area contributed by atoms with Gasteiger partial charge in [0, 0.05) is 10.2 Å². The minimum absolute atomic E-state index is 0. The lowest BCUT2D eigenvalue weighted by Gasteiger charge is -2.30. The van der Waals surface area contributed by atoms with E-state index in [4.69, 9.17) is 5.73 Å². The smallest absolute Gasteiger partial charge is 0.238 e. The van der Waals surface area contributed by atoms with Crippen molar-refractivity contribution in [1.82, 2.24) is 4.90 Å². The summed E-state index contributed by atoms with van der Waals surface area (Å²) in [5, 5.41) is 2.92. The van der Waals surface area contributed by atoms with Crippen LogP contribution in [0.2, 0.25) is 0 Å². The Kier molecular flexibility index (Phi) is 7.51. The van der Waals surface area contributed by atoms with Gasteiger partial charge in [-0.05, 0) is 62.7 Å². The van der Waals surface area contributed by atoms with Crippen LogP contribution in [-0.2, 0) is 4.79 Å². The van der Waals surface area contributed by atoms with Crippen LogP contribution in [0.15, 0.2) is 28.7 Å². The molecule has 4 nitrogen and oxygen atoms in total. The van der Waals surface area contributed by atoms with Gasteiger partial charge in [0.15, 0.2) is 0 Å². The van der Waals surface area contributed by atoms with Crippen molar-refractivity contribution < 1.29 is 4.79 Å². The highest BCUT2D eigenvalue weighted by molar-refractivity contribution is 9.10. The number of carbonyl (C=O) groups is 1. The maximum atomic E-state index is 11.9. The minimum Gasteiger partial charge on any atom is -0.330 e. The van der Waals surface area contributed by atoms with Gasteiger partial charge in [-0.15, -0.1) is 12.4 Å². The standard InChI is InChI=1S/C14H20BrN3O.ClH/c15-12-1-3-13(4-2-12)17-14(19)10-18-7-5-11(9-16)6-8-18;/h1-4,11H,5-10,16H2,(H,17,19);1H. The zero-order valence-corrected chi connectivity index (χ0v) is 13.8. The number of nitrogens with one attached hydrogen (secondary N) is 1. The van der Waals surface area contributed by atoms with Gasteiger partial charge >= 0.3 is 0 Å². The Morgan fingerprint density at radius 3 is 2.45 bits per heavy atom. The molecule has 2 rings (SSSR count). The second-order valence-corrected chi connectivity index (χ2v) is 5.93. The molecule has 0 radical (unpaired) electrons. The van der Waals surface area contributed by atoms with E-state index in [1.807, 2.05) is 24.3 Å². The van der Waals surface area contributed by atoms with Crippen molar-refractivity contribution in [3.8, 4) is 0 Å². The van der Waals surface area contributed by atoms with Gasteiger partial charge in [-0.25, -0.2) is 0 Å². The molecular weight excluding hydrogens is 342 g/mol. The first-order chi connectivity index (χ1) is 9.17. The van der Waals surface area contributed by atoms with Gasteiger partial charge in [0.2, 0.25) is 5.91 Å². The van der Waals surface area contributed by atoms with Crippen LogP contribution in [0.3, 0.4) is 0 Å². The molecule has 1 saturated heterocycles. The number of hydrogen-bond donors (Lipinski definition) is 2. The number of piperidine rings is 1. The maximum Gasteiger partial charge on any atom is 0.238 e. The Hall–Kier alpha value is -0.620. The number of nitrogens with two attached hydrogens (primary N) is 1. The number of rotatable bonds is 4. The lowest BCUT2D eigenvalue weighted by Crippen LogP contribution is -2.40. The zero-order chi connectivity index (χ0) is 13.7. The van der Waals surface area contributed by atoms with Crippen LogP contribution in [0, 0.1) is 5.92 Å². The average molecular weight is 363 g/mol. The van der Waals surface area contributed by atoms with E-state index < -0.39 is 0 Å². The third-order valence-electron chi connectivity index (χ3n) is 3.54. The number of amides is 1. The highest BCUT2D eigenvalue weighted by atomic mass is 79.9. The van der Waals surface area contributed by atoms with Crippen LogP contribution < -0.4 is 11.1 Å². The number of nitrogens with zero attached hydrogens (tertiary/aromatic N) is 1. The quantitative estimate of drug-likeness (QED) is 0.865. The Morgan fingerprint density at radius 1 is 1.30 bits per heavy atom. The fraction of sp³-hybridized carbons (Fsp3) is 0.500. The second kappa shape index (κ2) is 8.62. The molecule has 1 aromatic carbocycles. The van der Waals surface area contributed by atoms with Gasteiger partial charge in [0.1, 0.15) is 0 Å². The van der Waals surface area contributed by atoms with Gasteiger partial charge in [-0.3, -0.25) is 9.69 Å². The highest BCUT2D eigenvalue weighted by Gasteiger charge is 2.19. The largest absolute Gasteiger partial charge is 0.330 e. The lowest BCUT2D eigenvalue weighted by molar-refractivity contribution is -0.117. The molecule has 0 saturated carbocycles. The van der Waals surface area contributed by atoms with Crippen molar-refractivity contribution in [2.24, 2.45) is 11.7 Å². The molecule has 0 spiro atoms. The molecule has 1 amide bonds. The van der Waals surface area contributed by atoms with Crippen molar-refractivity contribution in [2.45, 2.75) is 12.8 Å². The first kappa shape index (κ1) is 17.4.